The van der Waals surface area contributed by atoms with Crippen LogP contribution in [0.4, 0.5) is 0 Å². The zero-order valence-corrected chi connectivity index (χ0v) is 17.8. The van der Waals surface area contributed by atoms with Crippen LogP contribution in [0.5, 0.6) is 0 Å². The number of rotatable bonds is 6. The number of ether oxygens (including phenoxy) is 2. The van der Waals surface area contributed by atoms with Gasteiger partial charge >= 0.3 is 5.97 Å². The minimum absolute atomic E-state index is 0.0310. The highest BCUT2D eigenvalue weighted by Crippen LogP contribution is 2.27. The first-order chi connectivity index (χ1) is 14.2. The summed E-state index contributed by atoms with van der Waals surface area (Å²) in [6.07, 6.45) is 0.0604. The molecule has 0 unspecified atom stereocenters. The minimum Gasteiger partial charge on any atom is -0.454 e. The number of fused-ring (bicyclic) bond motifs is 1. The van der Waals surface area contributed by atoms with Crippen molar-refractivity contribution in [3.05, 3.63) is 35.4 Å². The number of hydrogen-bond donors (Lipinski definition) is 0. The van der Waals surface area contributed by atoms with Crippen LogP contribution in [0.15, 0.2) is 24.3 Å². The van der Waals surface area contributed by atoms with Crippen molar-refractivity contribution >= 4 is 23.7 Å². The summed E-state index contributed by atoms with van der Waals surface area (Å²) in [6, 6.07) is 5.40. The van der Waals surface area contributed by atoms with E-state index in [0.717, 1.165) is 4.90 Å². The third kappa shape index (κ3) is 4.53. The largest absolute Gasteiger partial charge is 0.454 e. The predicted molar refractivity (Wildman–Crippen MR) is 108 cm³/mol. The first-order valence-corrected chi connectivity index (χ1v) is 10.3. The number of hydrogen-bond acceptors (Lipinski definition) is 6. The van der Waals surface area contributed by atoms with E-state index in [0.29, 0.717) is 13.1 Å². The van der Waals surface area contributed by atoms with Crippen molar-refractivity contribution < 1.29 is 28.7 Å². The number of esters is 1. The molecule has 162 valence electrons. The average Bonchev–Trinajstić information content (AvgIpc) is 2.94. The third-order valence-corrected chi connectivity index (χ3v) is 5.21. The van der Waals surface area contributed by atoms with Gasteiger partial charge in [0, 0.05) is 13.1 Å². The highest BCUT2D eigenvalue weighted by Gasteiger charge is 2.43. The molecule has 0 spiro atoms. The third-order valence-electron chi connectivity index (χ3n) is 5.21. The fourth-order valence-corrected chi connectivity index (χ4v) is 3.95. The molecule has 8 heteroatoms. The molecule has 30 heavy (non-hydrogen) atoms. The lowest BCUT2D eigenvalue weighted by molar-refractivity contribution is -0.159. The van der Waals surface area contributed by atoms with Gasteiger partial charge in [0.2, 0.25) is 0 Å². The zero-order chi connectivity index (χ0) is 22.0. The molecule has 1 saturated heterocycles. The maximum atomic E-state index is 12.9. The molecule has 3 rings (SSSR count). The molecule has 8 nitrogen and oxygen atoms in total. The number of carbonyl (C=O) groups excluding carboxylic acids is 4. The van der Waals surface area contributed by atoms with Crippen molar-refractivity contribution in [2.45, 2.75) is 52.4 Å². The van der Waals surface area contributed by atoms with Crippen molar-refractivity contribution in [2.24, 2.45) is 5.92 Å². The molecule has 0 aromatic heterocycles. The van der Waals surface area contributed by atoms with Crippen LogP contribution >= 0.6 is 0 Å². The highest BCUT2D eigenvalue weighted by molar-refractivity contribution is 6.22. The van der Waals surface area contributed by atoms with Gasteiger partial charge in [0.15, 0.2) is 6.61 Å². The van der Waals surface area contributed by atoms with Gasteiger partial charge in [-0.3, -0.25) is 19.3 Å². The van der Waals surface area contributed by atoms with E-state index in [1.165, 1.54) is 0 Å². The van der Waals surface area contributed by atoms with E-state index in [-0.39, 0.29) is 41.6 Å². The van der Waals surface area contributed by atoms with E-state index >= 15 is 0 Å². The Labute approximate surface area is 176 Å². The second-order valence-corrected chi connectivity index (χ2v) is 8.33. The molecule has 0 saturated carbocycles. The van der Waals surface area contributed by atoms with Crippen LogP contribution in [-0.4, -0.2) is 71.4 Å². The van der Waals surface area contributed by atoms with Crippen LogP contribution in [0, 0.1) is 5.92 Å². The Hall–Kier alpha value is -2.74. The smallest absolute Gasteiger partial charge is 0.329 e. The monoisotopic (exact) mass is 416 g/mol. The van der Waals surface area contributed by atoms with E-state index in [9.17, 15) is 19.2 Å². The Kier molecular flexibility index (Phi) is 6.55. The fourth-order valence-electron chi connectivity index (χ4n) is 3.95. The summed E-state index contributed by atoms with van der Waals surface area (Å²) < 4.78 is 10.9. The van der Waals surface area contributed by atoms with Gasteiger partial charge in [0.05, 0.1) is 23.3 Å². The zero-order valence-electron chi connectivity index (χ0n) is 17.8. The number of carbonyl (C=O) groups is 4. The molecule has 3 atom stereocenters. The quantitative estimate of drug-likeness (QED) is 0.519. The van der Waals surface area contributed by atoms with Crippen LogP contribution in [0.3, 0.4) is 0 Å². The second kappa shape index (κ2) is 8.95. The Balaban J connectivity index is 1.70. The van der Waals surface area contributed by atoms with Gasteiger partial charge in [-0.1, -0.05) is 26.0 Å². The predicted octanol–water partition coefficient (Wildman–Crippen LogP) is 1.88. The van der Waals surface area contributed by atoms with Gasteiger partial charge in [0.25, 0.3) is 17.7 Å². The Bertz CT molecular complexity index is 807. The van der Waals surface area contributed by atoms with Crippen LogP contribution in [-0.2, 0) is 19.1 Å². The molecule has 0 aliphatic carbocycles. The fraction of sp³-hybridized carbons (Fsp3) is 0.545. The standard InChI is InChI=1S/C22H28N2O6/c1-13(2)9-18(24-20(26)16-7-5-6-8-17(16)21(24)27)22(28)29-12-19(25)23-10-14(3)30-15(4)11-23/h5-8,13-15,18H,9-12H2,1-4H3/t14-,15-,18+/m0/s1. The van der Waals surface area contributed by atoms with Crippen LogP contribution in [0.1, 0.15) is 54.8 Å². The summed E-state index contributed by atoms with van der Waals surface area (Å²) in [7, 11) is 0. The molecule has 2 heterocycles. The molecule has 0 N–H and O–H groups in total. The molecule has 2 aliphatic rings. The van der Waals surface area contributed by atoms with E-state index in [2.05, 4.69) is 0 Å². The molecular weight excluding hydrogens is 388 g/mol. The first kappa shape index (κ1) is 22.0. The van der Waals surface area contributed by atoms with Crippen molar-refractivity contribution in [1.82, 2.24) is 9.80 Å². The maximum Gasteiger partial charge on any atom is 0.329 e. The number of nitrogens with zero attached hydrogens (tertiary/aromatic N) is 2. The number of amides is 3. The van der Waals surface area contributed by atoms with Gasteiger partial charge < -0.3 is 14.4 Å². The van der Waals surface area contributed by atoms with Crippen molar-refractivity contribution in [1.29, 1.82) is 0 Å². The normalized spacial score (nSPS) is 22.3. The van der Waals surface area contributed by atoms with Crippen molar-refractivity contribution in [2.75, 3.05) is 19.7 Å². The minimum atomic E-state index is -1.08. The molecule has 0 bridgehead atoms. The average molecular weight is 416 g/mol. The Morgan fingerprint density at radius 2 is 1.60 bits per heavy atom. The molecule has 1 fully saturated rings. The van der Waals surface area contributed by atoms with Gasteiger partial charge in [-0.2, -0.15) is 0 Å². The Morgan fingerprint density at radius 1 is 1.07 bits per heavy atom. The number of imide groups is 1. The van der Waals surface area contributed by atoms with Crippen LogP contribution in [0.25, 0.3) is 0 Å². The molecule has 0 radical (unpaired) electrons. The molecular formula is C22H28N2O6. The molecule has 2 aliphatic heterocycles. The van der Waals surface area contributed by atoms with Crippen LogP contribution < -0.4 is 0 Å². The summed E-state index contributed by atoms with van der Waals surface area (Å²) in [4.78, 5) is 53.5. The SMILES string of the molecule is CC(C)C[C@H](C(=O)OCC(=O)N1C[C@H](C)O[C@@H](C)C1)N1C(=O)c2ccccc2C1=O. The molecule has 1 aromatic carbocycles. The second-order valence-electron chi connectivity index (χ2n) is 8.33. The van der Waals surface area contributed by atoms with E-state index in [1.807, 2.05) is 27.7 Å². The van der Waals surface area contributed by atoms with Gasteiger partial charge in [-0.15, -0.1) is 0 Å². The summed E-state index contributed by atoms with van der Waals surface area (Å²) in [5, 5.41) is 0. The topological polar surface area (TPSA) is 93.2 Å². The van der Waals surface area contributed by atoms with Crippen molar-refractivity contribution in [3.63, 3.8) is 0 Å². The van der Waals surface area contributed by atoms with Gasteiger partial charge in [0.1, 0.15) is 6.04 Å². The summed E-state index contributed by atoms with van der Waals surface area (Å²) >= 11 is 0. The van der Waals surface area contributed by atoms with E-state index in [4.69, 9.17) is 9.47 Å². The highest BCUT2D eigenvalue weighted by atomic mass is 16.5. The summed E-state index contributed by atoms with van der Waals surface area (Å²) in [6.45, 7) is 7.95. The lowest BCUT2D eigenvalue weighted by Crippen LogP contribution is -2.50. The Morgan fingerprint density at radius 3 is 2.10 bits per heavy atom. The van der Waals surface area contributed by atoms with E-state index < -0.39 is 30.4 Å². The molecule has 3 amide bonds. The lowest BCUT2D eigenvalue weighted by Gasteiger charge is -2.35. The number of benzene rings is 1. The molecule has 1 aromatic rings. The van der Waals surface area contributed by atoms with Crippen LogP contribution in [0.2, 0.25) is 0 Å². The first-order valence-electron chi connectivity index (χ1n) is 10.3. The van der Waals surface area contributed by atoms with Gasteiger partial charge in [-0.25, -0.2) is 4.79 Å². The number of morpholine rings is 1. The van der Waals surface area contributed by atoms with Crippen molar-refractivity contribution in [3.8, 4) is 0 Å². The lowest BCUT2D eigenvalue weighted by atomic mass is 10.0. The van der Waals surface area contributed by atoms with E-state index in [1.54, 1.807) is 29.2 Å². The summed E-state index contributed by atoms with van der Waals surface area (Å²) in [5.74, 6) is -2.07. The van der Waals surface area contributed by atoms with Gasteiger partial charge in [-0.05, 0) is 38.3 Å². The maximum absolute atomic E-state index is 12.9. The summed E-state index contributed by atoms with van der Waals surface area (Å²) in [5.41, 5.74) is 0.549.